The van der Waals surface area contributed by atoms with E-state index in [0.29, 0.717) is 36.4 Å². The van der Waals surface area contributed by atoms with Crippen LogP contribution in [0.1, 0.15) is 34.1 Å². The van der Waals surface area contributed by atoms with Gasteiger partial charge in [0.25, 0.3) is 11.8 Å². The molecule has 0 unspecified atom stereocenters. The van der Waals surface area contributed by atoms with Crippen LogP contribution < -0.4 is 15.4 Å². The summed E-state index contributed by atoms with van der Waals surface area (Å²) in [6.07, 6.45) is 0.595. The van der Waals surface area contributed by atoms with Crippen molar-refractivity contribution in [2.45, 2.75) is 13.3 Å². The Morgan fingerprint density at radius 2 is 1.54 bits per heavy atom. The minimum Gasteiger partial charge on any atom is -0.427 e. The van der Waals surface area contributed by atoms with Crippen molar-refractivity contribution in [1.29, 1.82) is 0 Å². The Morgan fingerprint density at radius 3 is 2.15 bits per heavy atom. The quantitative estimate of drug-likeness (QED) is 0.411. The van der Waals surface area contributed by atoms with Gasteiger partial charge in [-0.05, 0) is 48.9 Å². The molecular formula is C19H19BrN2O4. The number of hydrogen-bond donors (Lipinski definition) is 2. The lowest BCUT2D eigenvalue weighted by molar-refractivity contribution is -0.131. The summed E-state index contributed by atoms with van der Waals surface area (Å²) in [6.45, 7) is 2.16. The summed E-state index contributed by atoms with van der Waals surface area (Å²) < 4.78 is 5.87. The van der Waals surface area contributed by atoms with Gasteiger partial charge < -0.3 is 15.4 Å². The Morgan fingerprint density at radius 1 is 0.923 bits per heavy atom. The van der Waals surface area contributed by atoms with E-state index in [-0.39, 0.29) is 11.8 Å². The fourth-order valence-electron chi connectivity index (χ4n) is 2.16. The first-order chi connectivity index (χ1) is 12.5. The Bertz CT molecular complexity index is 790. The van der Waals surface area contributed by atoms with Crippen molar-refractivity contribution in [3.63, 3.8) is 0 Å². The lowest BCUT2D eigenvalue weighted by atomic mass is 10.2. The second-order valence-corrected chi connectivity index (χ2v) is 6.41. The van der Waals surface area contributed by atoms with Gasteiger partial charge in [-0.2, -0.15) is 0 Å². The van der Waals surface area contributed by atoms with Gasteiger partial charge in [0.05, 0.1) is 0 Å². The van der Waals surface area contributed by atoms with Gasteiger partial charge in [0, 0.05) is 35.6 Å². The molecule has 0 aliphatic carbocycles. The van der Waals surface area contributed by atoms with Gasteiger partial charge >= 0.3 is 5.97 Å². The van der Waals surface area contributed by atoms with Gasteiger partial charge in [-0.25, -0.2) is 0 Å². The SMILES string of the molecule is CC(=O)Oc1cccc(C(=O)NCCCNC(=O)c2ccc(Br)cc2)c1. The van der Waals surface area contributed by atoms with E-state index in [4.69, 9.17) is 4.74 Å². The van der Waals surface area contributed by atoms with Gasteiger partial charge in [0.1, 0.15) is 5.75 Å². The van der Waals surface area contributed by atoms with Crippen molar-refractivity contribution in [2.24, 2.45) is 0 Å². The van der Waals surface area contributed by atoms with Gasteiger partial charge in [0.2, 0.25) is 0 Å². The molecule has 0 fully saturated rings. The average molecular weight is 419 g/mol. The Kier molecular flexibility index (Phi) is 7.35. The Balaban J connectivity index is 1.72. The molecule has 2 aromatic carbocycles. The van der Waals surface area contributed by atoms with Crippen LogP contribution in [-0.2, 0) is 4.79 Å². The third-order valence-corrected chi connectivity index (χ3v) is 3.92. The zero-order chi connectivity index (χ0) is 18.9. The van der Waals surface area contributed by atoms with E-state index in [1.807, 2.05) is 0 Å². The van der Waals surface area contributed by atoms with E-state index < -0.39 is 5.97 Å². The first-order valence-electron chi connectivity index (χ1n) is 8.06. The molecule has 2 amide bonds. The van der Waals surface area contributed by atoms with Crippen LogP contribution in [0.3, 0.4) is 0 Å². The van der Waals surface area contributed by atoms with Crippen LogP contribution in [0.4, 0.5) is 0 Å². The summed E-state index contributed by atoms with van der Waals surface area (Å²) >= 11 is 3.32. The fraction of sp³-hybridized carbons (Fsp3) is 0.211. The van der Waals surface area contributed by atoms with E-state index in [1.54, 1.807) is 42.5 Å². The third kappa shape index (κ3) is 6.33. The summed E-state index contributed by atoms with van der Waals surface area (Å²) in [4.78, 5) is 35.0. The molecule has 0 aromatic heterocycles. The van der Waals surface area contributed by atoms with Gasteiger partial charge in [-0.3, -0.25) is 14.4 Å². The second-order valence-electron chi connectivity index (χ2n) is 5.49. The summed E-state index contributed by atoms with van der Waals surface area (Å²) in [5.41, 5.74) is 0.988. The lowest BCUT2D eigenvalue weighted by Crippen LogP contribution is -2.29. The van der Waals surface area contributed by atoms with Crippen LogP contribution in [0.5, 0.6) is 5.75 Å². The van der Waals surface area contributed by atoms with Crippen molar-refractivity contribution in [1.82, 2.24) is 10.6 Å². The molecule has 2 N–H and O–H groups in total. The number of nitrogens with one attached hydrogen (secondary N) is 2. The normalized spacial score (nSPS) is 10.1. The largest absolute Gasteiger partial charge is 0.427 e. The number of rotatable bonds is 7. The molecule has 0 aliphatic rings. The van der Waals surface area contributed by atoms with Gasteiger partial charge in [-0.1, -0.05) is 22.0 Å². The standard InChI is InChI=1S/C19H19BrN2O4/c1-13(23)26-17-5-2-4-15(12-17)19(25)22-11-3-10-21-18(24)14-6-8-16(20)9-7-14/h2,4-9,12H,3,10-11H2,1H3,(H,21,24)(H,22,25). The van der Waals surface area contributed by atoms with Crippen LogP contribution >= 0.6 is 15.9 Å². The van der Waals surface area contributed by atoms with Crippen LogP contribution in [0.2, 0.25) is 0 Å². The summed E-state index contributed by atoms with van der Waals surface area (Å²) in [6, 6.07) is 13.5. The van der Waals surface area contributed by atoms with Crippen molar-refractivity contribution >= 4 is 33.7 Å². The second kappa shape index (κ2) is 9.72. The van der Waals surface area contributed by atoms with Crippen LogP contribution in [0, 0.1) is 0 Å². The molecule has 6 nitrogen and oxygen atoms in total. The maximum atomic E-state index is 12.1. The molecule has 26 heavy (non-hydrogen) atoms. The predicted octanol–water partition coefficient (Wildman–Crippen LogP) is 2.92. The number of carbonyl (C=O) groups is 3. The number of esters is 1. The molecule has 0 spiro atoms. The lowest BCUT2D eigenvalue weighted by Gasteiger charge is -2.08. The van der Waals surface area contributed by atoms with Crippen molar-refractivity contribution in [3.8, 4) is 5.75 Å². The molecule has 0 radical (unpaired) electrons. The van der Waals surface area contributed by atoms with Crippen molar-refractivity contribution in [2.75, 3.05) is 13.1 Å². The first kappa shape index (κ1) is 19.7. The third-order valence-electron chi connectivity index (χ3n) is 3.39. The monoisotopic (exact) mass is 418 g/mol. The average Bonchev–Trinajstić information content (AvgIpc) is 2.61. The number of ether oxygens (including phenoxy) is 1. The highest BCUT2D eigenvalue weighted by molar-refractivity contribution is 9.10. The van der Waals surface area contributed by atoms with Gasteiger partial charge in [-0.15, -0.1) is 0 Å². The van der Waals surface area contributed by atoms with Crippen LogP contribution in [0.15, 0.2) is 53.0 Å². The number of hydrogen-bond acceptors (Lipinski definition) is 4. The molecule has 2 aromatic rings. The molecule has 7 heteroatoms. The minimum atomic E-state index is -0.441. The number of benzene rings is 2. The summed E-state index contributed by atoms with van der Waals surface area (Å²) in [5.74, 6) is -0.535. The number of carbonyl (C=O) groups excluding carboxylic acids is 3. The molecule has 0 bridgehead atoms. The Labute approximate surface area is 160 Å². The summed E-state index contributed by atoms with van der Waals surface area (Å²) in [7, 11) is 0. The zero-order valence-electron chi connectivity index (χ0n) is 14.3. The van der Waals surface area contributed by atoms with E-state index in [1.165, 1.54) is 13.0 Å². The molecule has 0 saturated carbocycles. The maximum Gasteiger partial charge on any atom is 0.308 e. The van der Waals surface area contributed by atoms with E-state index >= 15 is 0 Å². The highest BCUT2D eigenvalue weighted by atomic mass is 79.9. The summed E-state index contributed by atoms with van der Waals surface area (Å²) in [5, 5.41) is 5.56. The van der Waals surface area contributed by atoms with Crippen LogP contribution in [0.25, 0.3) is 0 Å². The highest BCUT2D eigenvalue weighted by Crippen LogP contribution is 2.13. The molecular weight excluding hydrogens is 400 g/mol. The molecule has 0 aliphatic heterocycles. The molecule has 0 atom stereocenters. The Hall–Kier alpha value is -2.67. The highest BCUT2D eigenvalue weighted by Gasteiger charge is 2.08. The minimum absolute atomic E-state index is 0.155. The molecule has 136 valence electrons. The fourth-order valence-corrected chi connectivity index (χ4v) is 2.43. The van der Waals surface area contributed by atoms with Gasteiger partial charge in [0.15, 0.2) is 0 Å². The number of amides is 2. The van der Waals surface area contributed by atoms with E-state index in [9.17, 15) is 14.4 Å². The molecule has 0 saturated heterocycles. The topological polar surface area (TPSA) is 84.5 Å². The predicted molar refractivity (Wildman–Crippen MR) is 101 cm³/mol. The first-order valence-corrected chi connectivity index (χ1v) is 8.85. The smallest absolute Gasteiger partial charge is 0.308 e. The number of halogens is 1. The van der Waals surface area contributed by atoms with E-state index in [2.05, 4.69) is 26.6 Å². The van der Waals surface area contributed by atoms with Crippen molar-refractivity contribution in [3.05, 3.63) is 64.1 Å². The molecule has 0 heterocycles. The van der Waals surface area contributed by atoms with E-state index in [0.717, 1.165) is 4.47 Å². The zero-order valence-corrected chi connectivity index (χ0v) is 15.8. The van der Waals surface area contributed by atoms with Crippen LogP contribution in [-0.4, -0.2) is 30.9 Å². The maximum absolute atomic E-state index is 12.1. The molecule has 2 rings (SSSR count). The van der Waals surface area contributed by atoms with Crippen molar-refractivity contribution < 1.29 is 19.1 Å².